The number of fused-ring (bicyclic) bond motifs is 1. The number of nitrogens with zero attached hydrogens (tertiary/aromatic N) is 2. The van der Waals surface area contributed by atoms with E-state index < -0.39 is 7.44 Å². The number of hydrogen-bond acceptors (Lipinski definition) is 1. The van der Waals surface area contributed by atoms with Crippen LogP contribution in [0.5, 0.6) is 0 Å². The van der Waals surface area contributed by atoms with E-state index in [4.69, 9.17) is 0 Å². The Morgan fingerprint density at radius 3 is 2.00 bits per heavy atom. The molecule has 0 fully saturated rings. The Labute approximate surface area is 108 Å². The van der Waals surface area contributed by atoms with Crippen LogP contribution in [0, 0.1) is 0 Å². The lowest BCUT2D eigenvalue weighted by atomic mass is 10.1. The van der Waals surface area contributed by atoms with Crippen LogP contribution in [-0.4, -0.2) is 37.5 Å². The summed E-state index contributed by atoms with van der Waals surface area (Å²) in [5.41, 5.74) is 0. The Hall–Kier alpha value is -1.15. The second-order valence-corrected chi connectivity index (χ2v) is 7.91. The predicted octanol–water partition coefficient (Wildman–Crippen LogP) is 2.78. The van der Waals surface area contributed by atoms with Crippen LogP contribution in [0.4, 0.5) is 0 Å². The number of rotatable bonds is 3. The fourth-order valence-corrected chi connectivity index (χ4v) is 4.63. The lowest BCUT2D eigenvalue weighted by Crippen LogP contribution is -2.29. The molecule has 18 heavy (non-hydrogen) atoms. The van der Waals surface area contributed by atoms with Gasteiger partial charge in [-0.2, -0.15) is 0 Å². The van der Waals surface area contributed by atoms with E-state index >= 15 is 0 Å². The third kappa shape index (κ3) is 1.99. The van der Waals surface area contributed by atoms with E-state index in [9.17, 15) is 4.57 Å². The van der Waals surface area contributed by atoms with Crippen LogP contribution in [0.15, 0.2) is 42.5 Å². The molecule has 0 N–H and O–H groups in total. The van der Waals surface area contributed by atoms with Gasteiger partial charge < -0.3 is 0 Å². The molecule has 2 aromatic carbocycles. The van der Waals surface area contributed by atoms with Gasteiger partial charge in [-0.3, -0.25) is 4.57 Å². The van der Waals surface area contributed by atoms with Gasteiger partial charge in [-0.05, 0) is 45.0 Å². The van der Waals surface area contributed by atoms with Crippen molar-refractivity contribution in [2.75, 3.05) is 28.2 Å². The fraction of sp³-hybridized carbons (Fsp3) is 0.286. The molecule has 0 heterocycles. The molecule has 0 aliphatic heterocycles. The monoisotopic (exact) mass is 262 g/mol. The third-order valence-electron chi connectivity index (χ3n) is 3.16. The van der Waals surface area contributed by atoms with Gasteiger partial charge in [0.25, 0.3) is 0 Å². The van der Waals surface area contributed by atoms with E-state index in [2.05, 4.69) is 12.1 Å². The molecule has 0 aliphatic carbocycles. The van der Waals surface area contributed by atoms with Crippen molar-refractivity contribution < 1.29 is 4.57 Å². The standard InChI is InChI=1S/C14H19N2OP/c1-15(2)18(17,16(3)4)14-11-7-9-12-8-5-6-10-13(12)14/h5-11H,1-4H3. The summed E-state index contributed by atoms with van der Waals surface area (Å²) >= 11 is 0. The van der Waals surface area contributed by atoms with E-state index in [-0.39, 0.29) is 0 Å². The average Bonchev–Trinajstić information content (AvgIpc) is 2.36. The summed E-state index contributed by atoms with van der Waals surface area (Å²) in [5, 5.41) is 3.08. The van der Waals surface area contributed by atoms with E-state index in [0.717, 1.165) is 16.1 Å². The van der Waals surface area contributed by atoms with Gasteiger partial charge in [0.15, 0.2) is 0 Å². The summed E-state index contributed by atoms with van der Waals surface area (Å²) < 4.78 is 16.9. The molecule has 0 spiro atoms. The van der Waals surface area contributed by atoms with Gasteiger partial charge in [0.1, 0.15) is 0 Å². The highest BCUT2D eigenvalue weighted by atomic mass is 31.2. The van der Waals surface area contributed by atoms with Crippen LogP contribution >= 0.6 is 7.44 Å². The molecule has 3 nitrogen and oxygen atoms in total. The first-order valence-electron chi connectivity index (χ1n) is 5.92. The molecule has 0 saturated heterocycles. The minimum Gasteiger partial charge on any atom is -0.284 e. The SMILES string of the molecule is CN(C)P(=O)(c1cccc2ccccc12)N(C)C. The molecule has 0 radical (unpaired) electrons. The van der Waals surface area contributed by atoms with E-state index in [1.807, 2.05) is 67.9 Å². The molecule has 0 amide bonds. The lowest BCUT2D eigenvalue weighted by Gasteiger charge is -2.31. The minimum absolute atomic E-state index is 0.899. The third-order valence-corrected chi connectivity index (χ3v) is 6.35. The van der Waals surface area contributed by atoms with Crippen LogP contribution in [0.1, 0.15) is 0 Å². The molecule has 0 bridgehead atoms. The number of hydrogen-bond donors (Lipinski definition) is 0. The molecule has 2 rings (SSSR count). The highest BCUT2D eigenvalue weighted by Gasteiger charge is 2.31. The zero-order valence-corrected chi connectivity index (χ0v) is 12.2. The molecule has 4 heteroatoms. The van der Waals surface area contributed by atoms with Crippen molar-refractivity contribution in [1.82, 2.24) is 9.34 Å². The Morgan fingerprint density at radius 2 is 1.39 bits per heavy atom. The van der Waals surface area contributed by atoms with Crippen molar-refractivity contribution in [3.63, 3.8) is 0 Å². The van der Waals surface area contributed by atoms with Gasteiger partial charge in [-0.15, -0.1) is 0 Å². The molecule has 96 valence electrons. The van der Waals surface area contributed by atoms with Gasteiger partial charge in [0.2, 0.25) is 7.44 Å². The van der Waals surface area contributed by atoms with Crippen LogP contribution in [0.2, 0.25) is 0 Å². The second-order valence-electron chi connectivity index (χ2n) is 4.74. The minimum atomic E-state index is -2.69. The van der Waals surface area contributed by atoms with Crippen LogP contribution in [0.3, 0.4) is 0 Å². The van der Waals surface area contributed by atoms with Crippen molar-refractivity contribution >= 4 is 23.5 Å². The summed E-state index contributed by atoms with van der Waals surface area (Å²) in [6, 6.07) is 14.1. The summed E-state index contributed by atoms with van der Waals surface area (Å²) in [6.07, 6.45) is 0. The van der Waals surface area contributed by atoms with Crippen molar-refractivity contribution in [1.29, 1.82) is 0 Å². The zero-order valence-electron chi connectivity index (χ0n) is 11.3. The van der Waals surface area contributed by atoms with Gasteiger partial charge in [0, 0.05) is 5.30 Å². The van der Waals surface area contributed by atoms with E-state index in [1.54, 1.807) is 0 Å². The average molecular weight is 262 g/mol. The molecule has 0 unspecified atom stereocenters. The quantitative estimate of drug-likeness (QED) is 0.795. The maximum atomic E-state index is 13.3. The predicted molar refractivity (Wildman–Crippen MR) is 78.6 cm³/mol. The maximum absolute atomic E-state index is 13.3. The van der Waals surface area contributed by atoms with Crippen molar-refractivity contribution in [2.45, 2.75) is 0 Å². The number of benzene rings is 2. The normalized spacial score (nSPS) is 12.6. The first-order chi connectivity index (χ1) is 8.48. The van der Waals surface area contributed by atoms with E-state index in [1.165, 1.54) is 0 Å². The Kier molecular flexibility index (Phi) is 3.58. The Balaban J connectivity index is 2.77. The zero-order chi connectivity index (χ0) is 13.3. The molecular weight excluding hydrogens is 243 g/mol. The smallest absolute Gasteiger partial charge is 0.245 e. The summed E-state index contributed by atoms with van der Waals surface area (Å²) in [6.45, 7) is 0. The van der Waals surface area contributed by atoms with Gasteiger partial charge in [-0.1, -0.05) is 36.4 Å². The van der Waals surface area contributed by atoms with Crippen molar-refractivity contribution in [2.24, 2.45) is 0 Å². The summed E-state index contributed by atoms with van der Waals surface area (Å²) in [7, 11) is 4.76. The van der Waals surface area contributed by atoms with E-state index in [0.29, 0.717) is 0 Å². The molecular formula is C14H19N2OP. The first kappa shape index (κ1) is 13.3. The van der Waals surface area contributed by atoms with Crippen LogP contribution in [0.25, 0.3) is 10.8 Å². The molecule has 0 aromatic heterocycles. The van der Waals surface area contributed by atoms with Crippen LogP contribution in [-0.2, 0) is 4.57 Å². The first-order valence-corrected chi connectivity index (χ1v) is 7.53. The van der Waals surface area contributed by atoms with Gasteiger partial charge in [-0.25, -0.2) is 9.34 Å². The largest absolute Gasteiger partial charge is 0.284 e. The molecule has 2 aromatic rings. The van der Waals surface area contributed by atoms with Gasteiger partial charge in [0.05, 0.1) is 0 Å². The Morgan fingerprint density at radius 1 is 0.833 bits per heavy atom. The van der Waals surface area contributed by atoms with Gasteiger partial charge >= 0.3 is 0 Å². The summed E-state index contributed by atoms with van der Waals surface area (Å²) in [4.78, 5) is 0. The highest BCUT2D eigenvalue weighted by Crippen LogP contribution is 2.49. The molecule has 0 atom stereocenters. The Bertz CT molecular complexity index is 590. The second kappa shape index (κ2) is 4.85. The summed E-state index contributed by atoms with van der Waals surface area (Å²) in [5.74, 6) is 0. The highest BCUT2D eigenvalue weighted by molar-refractivity contribution is 7.67. The molecule has 0 saturated carbocycles. The van der Waals surface area contributed by atoms with Crippen LogP contribution < -0.4 is 5.30 Å². The lowest BCUT2D eigenvalue weighted by molar-refractivity contribution is 0.460. The molecule has 0 aliphatic rings. The fourth-order valence-electron chi connectivity index (χ4n) is 2.25. The maximum Gasteiger partial charge on any atom is 0.245 e. The van der Waals surface area contributed by atoms with Crippen molar-refractivity contribution in [3.05, 3.63) is 42.5 Å². The topological polar surface area (TPSA) is 23.6 Å². The van der Waals surface area contributed by atoms with Crippen molar-refractivity contribution in [3.8, 4) is 0 Å².